The first-order valence-electron chi connectivity index (χ1n) is 6.68. The van der Waals surface area contributed by atoms with E-state index < -0.39 is 10.7 Å². The molecule has 0 saturated heterocycles. The Balaban J connectivity index is 2.26. The van der Waals surface area contributed by atoms with Crippen molar-refractivity contribution in [2.45, 2.75) is 25.8 Å². The first-order chi connectivity index (χ1) is 9.58. The summed E-state index contributed by atoms with van der Waals surface area (Å²) in [6.07, 6.45) is 5.16. The smallest absolute Gasteiger partial charge is 0.293 e. The van der Waals surface area contributed by atoms with Gasteiger partial charge in [0.25, 0.3) is 23.4 Å². The minimum Gasteiger partial charge on any atom is -0.622 e. The Bertz CT molecular complexity index is 663. The van der Waals surface area contributed by atoms with Crippen molar-refractivity contribution in [1.82, 2.24) is 0 Å². The van der Waals surface area contributed by atoms with E-state index in [1.54, 1.807) is 18.2 Å². The normalized spacial score (nSPS) is 27.9. The molecule has 0 radical (unpaired) electrons. The predicted octanol–water partition coefficient (Wildman–Crippen LogP) is 3.20. The van der Waals surface area contributed by atoms with Gasteiger partial charge in [0.15, 0.2) is 0 Å². The van der Waals surface area contributed by atoms with Crippen LogP contribution in [0, 0.1) is 10.1 Å². The molecule has 2 aliphatic heterocycles. The van der Waals surface area contributed by atoms with E-state index in [-0.39, 0.29) is 11.5 Å². The SMILES string of the molecule is CCCC1c2ccccc2[N+](=O)C=C2C(=O)C=C[N+]21[O-]. The molecule has 0 aliphatic carbocycles. The molecule has 5 heteroatoms. The van der Waals surface area contributed by atoms with Gasteiger partial charge in [-0.3, -0.25) is 9.44 Å². The van der Waals surface area contributed by atoms with Gasteiger partial charge in [0.1, 0.15) is 12.2 Å². The molecule has 2 atom stereocenters. The summed E-state index contributed by atoms with van der Waals surface area (Å²) in [6, 6.07) is 6.60. The molecule has 0 N–H and O–H groups in total. The second kappa shape index (κ2) is 4.47. The fraction of sp³-hybridized carbons (Fsp3) is 0.267. The van der Waals surface area contributed by atoms with E-state index in [0.29, 0.717) is 22.4 Å². The van der Waals surface area contributed by atoms with Crippen LogP contribution in [0.1, 0.15) is 31.4 Å². The zero-order chi connectivity index (χ0) is 14.3. The van der Waals surface area contributed by atoms with Gasteiger partial charge in [0.05, 0.1) is 10.3 Å². The summed E-state index contributed by atoms with van der Waals surface area (Å²) in [5, 5.41) is 13.1. The number of hydrogen-bond acceptors (Lipinski definition) is 3. The van der Waals surface area contributed by atoms with Crippen LogP contribution < -0.4 is 0 Å². The summed E-state index contributed by atoms with van der Waals surface area (Å²) in [5.41, 5.74) is 1.14. The first-order valence-corrected chi connectivity index (χ1v) is 6.68. The molecule has 3 rings (SSSR count). The first kappa shape index (κ1) is 12.9. The Morgan fingerprint density at radius 1 is 1.35 bits per heavy atom. The molecular weight excluding hydrogens is 256 g/mol. The third-order valence-electron chi connectivity index (χ3n) is 3.87. The van der Waals surface area contributed by atoms with E-state index >= 15 is 0 Å². The topological polar surface area (TPSA) is 60.2 Å². The van der Waals surface area contributed by atoms with Crippen molar-refractivity contribution in [1.29, 1.82) is 0 Å². The van der Waals surface area contributed by atoms with Crippen molar-refractivity contribution in [3.8, 4) is 0 Å². The fourth-order valence-corrected chi connectivity index (χ4v) is 2.92. The Hall–Kier alpha value is -2.11. The van der Waals surface area contributed by atoms with Crippen molar-refractivity contribution in [3.63, 3.8) is 0 Å². The summed E-state index contributed by atoms with van der Waals surface area (Å²) < 4.78 is -0.224. The molecule has 0 fully saturated rings. The number of para-hydroxylation sites is 1. The maximum atomic E-state index is 13.1. The van der Waals surface area contributed by atoms with Crippen LogP contribution in [-0.4, -0.2) is 15.2 Å². The summed E-state index contributed by atoms with van der Waals surface area (Å²) >= 11 is 0. The number of fused-ring (bicyclic) bond motifs is 2. The molecule has 1 aromatic rings. The van der Waals surface area contributed by atoms with Crippen LogP contribution in [0.15, 0.2) is 48.4 Å². The van der Waals surface area contributed by atoms with Crippen LogP contribution in [0.2, 0.25) is 0 Å². The number of hydrogen-bond donors (Lipinski definition) is 0. The van der Waals surface area contributed by atoms with E-state index in [1.807, 2.05) is 13.0 Å². The number of nitroso groups, excluding NO2 is 1. The van der Waals surface area contributed by atoms with Crippen LogP contribution in [0.4, 0.5) is 5.69 Å². The number of rotatable bonds is 2. The van der Waals surface area contributed by atoms with Crippen molar-refractivity contribution in [2.24, 2.45) is 0 Å². The number of quaternary nitrogens is 1. The average molecular weight is 271 g/mol. The highest BCUT2D eigenvalue weighted by Crippen LogP contribution is 2.45. The lowest BCUT2D eigenvalue weighted by Crippen LogP contribution is -2.38. The van der Waals surface area contributed by atoms with Crippen LogP contribution in [0.3, 0.4) is 0 Å². The minimum absolute atomic E-state index is 0.00495. The Kier molecular flexibility index (Phi) is 2.88. The minimum atomic E-state index is -0.859. The van der Waals surface area contributed by atoms with E-state index in [9.17, 15) is 14.9 Å². The zero-order valence-corrected chi connectivity index (χ0v) is 11.2. The second-order valence-electron chi connectivity index (χ2n) is 5.09. The Labute approximate surface area is 116 Å². The summed E-state index contributed by atoms with van der Waals surface area (Å²) in [7, 11) is 0. The number of ketones is 1. The number of hydroxylamine groups is 3. The van der Waals surface area contributed by atoms with E-state index in [4.69, 9.17) is 0 Å². The van der Waals surface area contributed by atoms with Gasteiger partial charge in [-0.15, -0.1) is 0 Å². The van der Waals surface area contributed by atoms with Gasteiger partial charge in [-0.1, -0.05) is 25.5 Å². The van der Waals surface area contributed by atoms with Crippen LogP contribution in [0.25, 0.3) is 0 Å². The maximum Gasteiger partial charge on any atom is 0.293 e. The van der Waals surface area contributed by atoms with Gasteiger partial charge in [0, 0.05) is 23.5 Å². The monoisotopic (exact) mass is 271 g/mol. The largest absolute Gasteiger partial charge is 0.622 e. The van der Waals surface area contributed by atoms with Crippen LogP contribution in [-0.2, 0) is 4.79 Å². The highest BCUT2D eigenvalue weighted by Gasteiger charge is 2.47. The highest BCUT2D eigenvalue weighted by molar-refractivity contribution is 6.03. The third-order valence-corrected chi connectivity index (χ3v) is 3.87. The van der Waals surface area contributed by atoms with Crippen molar-refractivity contribution in [2.75, 3.05) is 0 Å². The summed E-state index contributed by atoms with van der Waals surface area (Å²) in [6.45, 7) is 1.99. The number of benzene rings is 1. The van der Waals surface area contributed by atoms with E-state index in [2.05, 4.69) is 0 Å². The van der Waals surface area contributed by atoms with E-state index in [0.717, 1.165) is 12.6 Å². The lowest BCUT2D eigenvalue weighted by molar-refractivity contribution is -0.817. The molecule has 0 aromatic heterocycles. The maximum absolute atomic E-state index is 13.1. The Morgan fingerprint density at radius 3 is 2.85 bits per heavy atom. The molecule has 20 heavy (non-hydrogen) atoms. The fourth-order valence-electron chi connectivity index (χ4n) is 2.92. The molecule has 0 saturated carbocycles. The standard InChI is InChI=1S/C15H15N2O3/c1-2-5-13-11-6-3-4-7-12(11)16(19)10-14-15(18)8-9-17(13,14)20/h3-4,6-10,13H,2,5H2,1H3/q+1. The third kappa shape index (κ3) is 1.67. The van der Waals surface area contributed by atoms with Crippen LogP contribution in [0.5, 0.6) is 0 Å². The molecule has 2 heterocycles. The molecule has 1 aromatic carbocycles. The molecule has 0 bridgehead atoms. The van der Waals surface area contributed by atoms with Gasteiger partial charge in [0.2, 0.25) is 0 Å². The number of carbonyl (C=O) groups is 1. The highest BCUT2D eigenvalue weighted by atomic mass is 16.5. The quantitative estimate of drug-likeness (QED) is 0.471. The molecule has 102 valence electrons. The molecule has 0 amide bonds. The molecular formula is C15H15N2O3+. The average Bonchev–Trinajstić information content (AvgIpc) is 2.69. The van der Waals surface area contributed by atoms with Gasteiger partial charge in [-0.2, -0.15) is 0 Å². The zero-order valence-electron chi connectivity index (χ0n) is 11.2. The van der Waals surface area contributed by atoms with Crippen molar-refractivity contribution in [3.05, 3.63) is 64.1 Å². The lowest BCUT2D eigenvalue weighted by Gasteiger charge is -2.41. The number of nitrogens with zero attached hydrogens (tertiary/aromatic N) is 2. The lowest BCUT2D eigenvalue weighted by atomic mass is 9.99. The van der Waals surface area contributed by atoms with Crippen molar-refractivity contribution >= 4 is 11.5 Å². The van der Waals surface area contributed by atoms with Gasteiger partial charge in [-0.05, 0) is 6.07 Å². The second-order valence-corrected chi connectivity index (χ2v) is 5.09. The number of allylic oxidation sites excluding steroid dienone is 1. The summed E-state index contributed by atoms with van der Waals surface area (Å²) in [4.78, 5) is 24.1. The predicted molar refractivity (Wildman–Crippen MR) is 73.2 cm³/mol. The Morgan fingerprint density at radius 2 is 2.10 bits per heavy atom. The molecule has 0 spiro atoms. The van der Waals surface area contributed by atoms with Crippen molar-refractivity contribution < 1.29 is 14.2 Å². The number of carbonyl (C=O) groups excluding carboxylic acids is 1. The van der Waals surface area contributed by atoms with E-state index in [1.165, 1.54) is 12.3 Å². The molecule has 2 unspecified atom stereocenters. The van der Waals surface area contributed by atoms with Crippen LogP contribution >= 0.6 is 0 Å². The van der Waals surface area contributed by atoms with Gasteiger partial charge in [-0.25, -0.2) is 0 Å². The molecule has 5 nitrogen and oxygen atoms in total. The summed E-state index contributed by atoms with van der Waals surface area (Å²) in [5.74, 6) is -0.380. The molecule has 2 aliphatic rings. The van der Waals surface area contributed by atoms with Gasteiger partial charge < -0.3 is 5.21 Å². The van der Waals surface area contributed by atoms with Gasteiger partial charge >= 0.3 is 0 Å².